The average molecular weight is 202 g/mol. The molecule has 2 aromatic rings. The molecule has 0 aliphatic heterocycles. The molecule has 0 N–H and O–H groups in total. The van der Waals surface area contributed by atoms with Gasteiger partial charge in [0, 0.05) is 0 Å². The molecule has 2 rings (SSSR count). The van der Waals surface area contributed by atoms with Gasteiger partial charge in [0.1, 0.15) is 0 Å². The fourth-order valence-electron chi connectivity index (χ4n) is 1.51. The van der Waals surface area contributed by atoms with Crippen LogP contribution in [0.2, 0.25) is 0 Å². The fraction of sp³-hybridized carbons (Fsp3) is 0.231. The zero-order valence-electron chi connectivity index (χ0n) is 8.53. The molecule has 1 aromatic carbocycles. The maximum atomic E-state index is 2.28. The summed E-state index contributed by atoms with van der Waals surface area (Å²) in [5.74, 6) is 0.605. The summed E-state index contributed by atoms with van der Waals surface area (Å²) in [5, 5.41) is 4.32. The maximum absolute atomic E-state index is 2.28. The van der Waals surface area contributed by atoms with Crippen LogP contribution < -0.4 is 0 Å². The van der Waals surface area contributed by atoms with E-state index in [0.717, 1.165) is 0 Å². The van der Waals surface area contributed by atoms with Crippen molar-refractivity contribution < 1.29 is 0 Å². The average Bonchev–Trinajstić information content (AvgIpc) is 2.71. The summed E-state index contributed by atoms with van der Waals surface area (Å²) < 4.78 is 0. The number of thiophene rings is 1. The van der Waals surface area contributed by atoms with Crippen LogP contribution in [-0.4, -0.2) is 0 Å². The Morgan fingerprint density at radius 2 is 1.93 bits per heavy atom. The molecule has 0 aliphatic carbocycles. The lowest BCUT2D eigenvalue weighted by Gasteiger charge is -2.06. The molecule has 1 heteroatoms. The third-order valence-electron chi connectivity index (χ3n) is 2.41. The summed E-state index contributed by atoms with van der Waals surface area (Å²) in [6.07, 6.45) is 0. The SMILES string of the molecule is CC(C)c1cccc(-c2ccsc2)c1. The van der Waals surface area contributed by atoms with Gasteiger partial charge >= 0.3 is 0 Å². The highest BCUT2D eigenvalue weighted by Gasteiger charge is 2.01. The van der Waals surface area contributed by atoms with Gasteiger partial charge in [-0.25, -0.2) is 0 Å². The van der Waals surface area contributed by atoms with E-state index in [1.165, 1.54) is 16.7 Å². The van der Waals surface area contributed by atoms with Gasteiger partial charge in [-0.1, -0.05) is 38.1 Å². The Kier molecular flexibility index (Phi) is 2.69. The molecule has 0 atom stereocenters. The molecule has 0 saturated heterocycles. The smallest absolute Gasteiger partial charge is 0.00147 e. The third-order valence-corrected chi connectivity index (χ3v) is 3.09. The summed E-state index contributed by atoms with van der Waals surface area (Å²) >= 11 is 1.75. The molecular weight excluding hydrogens is 188 g/mol. The quantitative estimate of drug-likeness (QED) is 0.670. The Balaban J connectivity index is 2.41. The van der Waals surface area contributed by atoms with Gasteiger partial charge < -0.3 is 0 Å². The van der Waals surface area contributed by atoms with Gasteiger partial charge in [-0.2, -0.15) is 11.3 Å². The lowest BCUT2D eigenvalue weighted by molar-refractivity contribution is 0.867. The fourth-order valence-corrected chi connectivity index (χ4v) is 2.17. The van der Waals surface area contributed by atoms with Crippen molar-refractivity contribution in [2.24, 2.45) is 0 Å². The molecule has 1 heterocycles. The largest absolute Gasteiger partial charge is 0.152 e. The standard InChI is InChI=1S/C13H14S/c1-10(2)11-4-3-5-12(8-11)13-6-7-14-9-13/h3-10H,1-2H3. The van der Waals surface area contributed by atoms with Crippen LogP contribution in [-0.2, 0) is 0 Å². The third kappa shape index (κ3) is 1.88. The van der Waals surface area contributed by atoms with E-state index in [2.05, 4.69) is 54.9 Å². The molecule has 0 radical (unpaired) electrons. The van der Waals surface area contributed by atoms with Crippen molar-refractivity contribution in [1.82, 2.24) is 0 Å². The normalized spacial score (nSPS) is 10.8. The van der Waals surface area contributed by atoms with Crippen molar-refractivity contribution in [1.29, 1.82) is 0 Å². The summed E-state index contributed by atoms with van der Waals surface area (Å²) in [6.45, 7) is 4.46. The zero-order chi connectivity index (χ0) is 9.97. The monoisotopic (exact) mass is 202 g/mol. The van der Waals surface area contributed by atoms with Crippen molar-refractivity contribution in [2.45, 2.75) is 19.8 Å². The van der Waals surface area contributed by atoms with Crippen LogP contribution in [0.5, 0.6) is 0 Å². The molecule has 0 bridgehead atoms. The summed E-state index contributed by atoms with van der Waals surface area (Å²) in [6, 6.07) is 11.0. The van der Waals surface area contributed by atoms with Gasteiger partial charge in [-0.15, -0.1) is 0 Å². The van der Waals surface area contributed by atoms with Crippen LogP contribution >= 0.6 is 11.3 Å². The second-order valence-electron chi connectivity index (χ2n) is 3.79. The minimum Gasteiger partial charge on any atom is -0.152 e. The Morgan fingerprint density at radius 1 is 1.07 bits per heavy atom. The van der Waals surface area contributed by atoms with Crippen molar-refractivity contribution in [3.63, 3.8) is 0 Å². The van der Waals surface area contributed by atoms with E-state index in [0.29, 0.717) is 5.92 Å². The Morgan fingerprint density at radius 3 is 2.57 bits per heavy atom. The van der Waals surface area contributed by atoms with Crippen LogP contribution in [0.1, 0.15) is 25.3 Å². The molecule has 0 amide bonds. The number of hydrogen-bond donors (Lipinski definition) is 0. The van der Waals surface area contributed by atoms with E-state index in [-0.39, 0.29) is 0 Å². The van der Waals surface area contributed by atoms with Gasteiger partial charge in [-0.3, -0.25) is 0 Å². The van der Waals surface area contributed by atoms with E-state index in [4.69, 9.17) is 0 Å². The first-order valence-electron chi connectivity index (χ1n) is 4.90. The van der Waals surface area contributed by atoms with E-state index >= 15 is 0 Å². The number of benzene rings is 1. The van der Waals surface area contributed by atoms with E-state index < -0.39 is 0 Å². The van der Waals surface area contributed by atoms with Crippen molar-refractivity contribution in [3.8, 4) is 11.1 Å². The molecule has 0 nitrogen and oxygen atoms in total. The van der Waals surface area contributed by atoms with Gasteiger partial charge in [0.15, 0.2) is 0 Å². The maximum Gasteiger partial charge on any atom is -0.00147 e. The summed E-state index contributed by atoms with van der Waals surface area (Å²) in [5.41, 5.74) is 4.07. The Labute approximate surface area is 89.2 Å². The molecule has 0 unspecified atom stereocenters. The molecule has 1 aromatic heterocycles. The van der Waals surface area contributed by atoms with E-state index in [9.17, 15) is 0 Å². The van der Waals surface area contributed by atoms with Crippen LogP contribution in [0.3, 0.4) is 0 Å². The van der Waals surface area contributed by atoms with Gasteiger partial charge in [0.25, 0.3) is 0 Å². The molecule has 0 aliphatic rings. The first-order valence-corrected chi connectivity index (χ1v) is 5.84. The zero-order valence-corrected chi connectivity index (χ0v) is 9.34. The lowest BCUT2D eigenvalue weighted by Crippen LogP contribution is -1.86. The minimum absolute atomic E-state index is 0.605. The Bertz CT molecular complexity index is 399. The predicted molar refractivity (Wildman–Crippen MR) is 63.8 cm³/mol. The van der Waals surface area contributed by atoms with Crippen LogP contribution in [0.15, 0.2) is 41.1 Å². The minimum atomic E-state index is 0.605. The molecule has 0 spiro atoms. The second-order valence-corrected chi connectivity index (χ2v) is 4.57. The topological polar surface area (TPSA) is 0 Å². The molecular formula is C13H14S. The van der Waals surface area contributed by atoms with Crippen LogP contribution in [0, 0.1) is 0 Å². The van der Waals surface area contributed by atoms with Crippen LogP contribution in [0.4, 0.5) is 0 Å². The lowest BCUT2D eigenvalue weighted by atomic mass is 9.99. The number of rotatable bonds is 2. The van der Waals surface area contributed by atoms with Crippen LogP contribution in [0.25, 0.3) is 11.1 Å². The first kappa shape index (κ1) is 9.47. The highest BCUT2D eigenvalue weighted by molar-refractivity contribution is 7.08. The van der Waals surface area contributed by atoms with Crippen molar-refractivity contribution >= 4 is 11.3 Å². The summed E-state index contributed by atoms with van der Waals surface area (Å²) in [4.78, 5) is 0. The molecule has 0 fully saturated rings. The molecule has 14 heavy (non-hydrogen) atoms. The molecule has 72 valence electrons. The van der Waals surface area contributed by atoms with E-state index in [1.807, 2.05) is 0 Å². The molecule has 0 saturated carbocycles. The van der Waals surface area contributed by atoms with Crippen molar-refractivity contribution in [2.75, 3.05) is 0 Å². The number of hydrogen-bond acceptors (Lipinski definition) is 1. The van der Waals surface area contributed by atoms with Crippen molar-refractivity contribution in [3.05, 3.63) is 46.7 Å². The summed E-state index contributed by atoms with van der Waals surface area (Å²) in [7, 11) is 0. The highest BCUT2D eigenvalue weighted by atomic mass is 32.1. The predicted octanol–water partition coefficient (Wildman–Crippen LogP) is 4.54. The van der Waals surface area contributed by atoms with Gasteiger partial charge in [0.2, 0.25) is 0 Å². The van der Waals surface area contributed by atoms with E-state index in [1.54, 1.807) is 11.3 Å². The first-order chi connectivity index (χ1) is 6.77. The van der Waals surface area contributed by atoms with Gasteiger partial charge in [0.05, 0.1) is 0 Å². The van der Waals surface area contributed by atoms with Gasteiger partial charge in [-0.05, 0) is 39.4 Å². The second kappa shape index (κ2) is 3.97. The Hall–Kier alpha value is -1.08. The highest BCUT2D eigenvalue weighted by Crippen LogP contribution is 2.25.